The molecule has 1 saturated heterocycles. The minimum Gasteiger partial charge on any atom is -0.394 e. The van der Waals surface area contributed by atoms with E-state index in [4.69, 9.17) is 21.0 Å². The van der Waals surface area contributed by atoms with Crippen molar-refractivity contribution in [2.24, 2.45) is 5.73 Å². The molecule has 0 aromatic heterocycles. The number of nitrogens with one attached hydrogen (secondary N) is 1. The summed E-state index contributed by atoms with van der Waals surface area (Å²) >= 11 is 3.55. The lowest BCUT2D eigenvalue weighted by Crippen LogP contribution is -2.37. The number of hydrogen-bond donors (Lipinski definition) is 3. The fraction of sp³-hybridized carbons (Fsp3) is 0.500. The van der Waals surface area contributed by atoms with Gasteiger partial charge >= 0.3 is 0 Å². The lowest BCUT2D eigenvalue weighted by atomic mass is 10.1. The molecule has 0 unspecified atom stereocenters. The van der Waals surface area contributed by atoms with E-state index in [1.807, 2.05) is 18.2 Å². The molecule has 4 N–H and O–H groups in total. The Morgan fingerprint density at radius 3 is 2.70 bits per heavy atom. The second kappa shape index (κ2) is 7.06. The van der Waals surface area contributed by atoms with Crippen molar-refractivity contribution in [2.75, 3.05) is 31.2 Å². The molecule has 1 aromatic rings. The second-order valence-corrected chi connectivity index (χ2v) is 5.72. The zero-order chi connectivity index (χ0) is 14.5. The zero-order valence-electron chi connectivity index (χ0n) is 11.3. The number of rotatable bonds is 5. The van der Waals surface area contributed by atoms with Crippen molar-refractivity contribution in [2.45, 2.75) is 18.9 Å². The first-order chi connectivity index (χ1) is 9.61. The van der Waals surface area contributed by atoms with Crippen LogP contribution in [0.4, 0.5) is 5.69 Å². The van der Waals surface area contributed by atoms with Crippen molar-refractivity contribution < 1.29 is 9.84 Å². The quantitative estimate of drug-likeness (QED) is 0.562. The number of nitrogens with two attached hydrogens (primary N) is 1. The van der Waals surface area contributed by atoms with Crippen LogP contribution in [0.15, 0.2) is 22.7 Å². The van der Waals surface area contributed by atoms with E-state index in [0.29, 0.717) is 6.61 Å². The van der Waals surface area contributed by atoms with E-state index >= 15 is 0 Å². The Hall–Kier alpha value is -1.11. The Kier molecular flexibility index (Phi) is 5.39. The molecule has 1 aliphatic rings. The highest BCUT2D eigenvalue weighted by Crippen LogP contribution is 2.30. The topological polar surface area (TPSA) is 82.6 Å². The molecule has 1 heterocycles. The maximum absolute atomic E-state index is 8.76. The summed E-state index contributed by atoms with van der Waals surface area (Å²) in [4.78, 5) is 2.30. The number of nitrogen functional groups attached to an aromatic ring is 1. The third-order valence-electron chi connectivity index (χ3n) is 3.49. The highest BCUT2D eigenvalue weighted by atomic mass is 79.9. The van der Waals surface area contributed by atoms with Crippen molar-refractivity contribution in [1.29, 1.82) is 5.41 Å². The molecule has 1 aromatic carbocycles. The van der Waals surface area contributed by atoms with Gasteiger partial charge in [-0.05, 0) is 47.0 Å². The maximum atomic E-state index is 8.76. The van der Waals surface area contributed by atoms with Gasteiger partial charge in [-0.15, -0.1) is 0 Å². The monoisotopic (exact) mass is 341 g/mol. The number of amidine groups is 1. The first-order valence-electron chi connectivity index (χ1n) is 6.73. The third kappa shape index (κ3) is 3.71. The fourth-order valence-electron chi connectivity index (χ4n) is 2.41. The van der Waals surface area contributed by atoms with Crippen LogP contribution < -0.4 is 10.6 Å². The van der Waals surface area contributed by atoms with Gasteiger partial charge in [-0.25, -0.2) is 0 Å². The minimum atomic E-state index is 0.0772. The van der Waals surface area contributed by atoms with Crippen LogP contribution in [0.2, 0.25) is 0 Å². The number of hydrogen-bond acceptors (Lipinski definition) is 4. The van der Waals surface area contributed by atoms with Gasteiger partial charge in [-0.2, -0.15) is 0 Å². The van der Waals surface area contributed by atoms with Crippen LogP contribution in [0.25, 0.3) is 0 Å². The molecular weight excluding hydrogens is 322 g/mol. The molecule has 5 nitrogen and oxygen atoms in total. The normalized spacial score (nSPS) is 16.4. The summed E-state index contributed by atoms with van der Waals surface area (Å²) in [5.41, 5.74) is 7.33. The van der Waals surface area contributed by atoms with E-state index in [1.54, 1.807) is 0 Å². The number of aliphatic hydroxyl groups excluding tert-OH is 1. The predicted molar refractivity (Wildman–Crippen MR) is 83.4 cm³/mol. The molecule has 6 heteroatoms. The molecule has 0 atom stereocenters. The molecule has 0 radical (unpaired) electrons. The van der Waals surface area contributed by atoms with Crippen LogP contribution in [0.3, 0.4) is 0 Å². The molecule has 1 fully saturated rings. The summed E-state index contributed by atoms with van der Waals surface area (Å²) in [6.45, 7) is 2.35. The van der Waals surface area contributed by atoms with Crippen LogP contribution in [-0.2, 0) is 4.74 Å². The second-order valence-electron chi connectivity index (χ2n) is 4.86. The smallest absolute Gasteiger partial charge is 0.122 e. The molecule has 0 saturated carbocycles. The predicted octanol–water partition coefficient (Wildman–Crippen LogP) is 1.71. The minimum absolute atomic E-state index is 0.0772. The number of benzene rings is 1. The number of anilines is 1. The summed E-state index contributed by atoms with van der Waals surface area (Å²) < 4.78 is 6.52. The Balaban J connectivity index is 1.98. The summed E-state index contributed by atoms with van der Waals surface area (Å²) in [5, 5.41) is 16.2. The first-order valence-corrected chi connectivity index (χ1v) is 7.52. The van der Waals surface area contributed by atoms with Gasteiger partial charge in [0.15, 0.2) is 0 Å². The summed E-state index contributed by atoms with van der Waals surface area (Å²) in [6.07, 6.45) is 2.16. The van der Waals surface area contributed by atoms with Crippen molar-refractivity contribution in [1.82, 2.24) is 0 Å². The van der Waals surface area contributed by atoms with E-state index in [2.05, 4.69) is 20.8 Å². The molecule has 110 valence electrons. The van der Waals surface area contributed by atoms with E-state index in [-0.39, 0.29) is 18.5 Å². The molecule has 0 amide bonds. The van der Waals surface area contributed by atoms with Gasteiger partial charge < -0.3 is 20.5 Å². The molecule has 2 rings (SSSR count). The van der Waals surface area contributed by atoms with Crippen LogP contribution >= 0.6 is 15.9 Å². The standard InChI is InChI=1S/C14H20BrN3O2/c15-12-9-10(14(16)17)1-2-13(12)18-5-3-11(4-6-18)20-8-7-19/h1-2,9,11,19H,3-8H2,(H3,16,17). The fourth-order valence-corrected chi connectivity index (χ4v) is 3.04. The number of aliphatic hydroxyl groups is 1. The van der Waals surface area contributed by atoms with Gasteiger partial charge in [0.1, 0.15) is 5.84 Å². The SMILES string of the molecule is N=C(N)c1ccc(N2CCC(OCCO)CC2)c(Br)c1. The van der Waals surface area contributed by atoms with Gasteiger partial charge in [0, 0.05) is 23.1 Å². The van der Waals surface area contributed by atoms with Crippen LogP contribution in [0, 0.1) is 5.41 Å². The van der Waals surface area contributed by atoms with E-state index < -0.39 is 0 Å². The largest absolute Gasteiger partial charge is 0.394 e. The summed E-state index contributed by atoms with van der Waals surface area (Å²) in [6, 6.07) is 5.75. The maximum Gasteiger partial charge on any atom is 0.122 e. The Bertz CT molecular complexity index is 473. The molecule has 0 spiro atoms. The van der Waals surface area contributed by atoms with Gasteiger partial charge in [0.05, 0.1) is 25.0 Å². The molecule has 0 aliphatic carbocycles. The Morgan fingerprint density at radius 2 is 2.15 bits per heavy atom. The van der Waals surface area contributed by atoms with Gasteiger partial charge in [0.2, 0.25) is 0 Å². The number of nitrogens with zero attached hydrogens (tertiary/aromatic N) is 1. The summed E-state index contributed by atoms with van der Waals surface area (Å²) in [5.74, 6) is 0.0772. The molecule has 0 bridgehead atoms. The van der Waals surface area contributed by atoms with Crippen LogP contribution in [-0.4, -0.2) is 43.3 Å². The van der Waals surface area contributed by atoms with E-state index in [0.717, 1.165) is 41.7 Å². The average molecular weight is 342 g/mol. The lowest BCUT2D eigenvalue weighted by molar-refractivity contribution is 0.0159. The number of piperidine rings is 1. The summed E-state index contributed by atoms with van der Waals surface area (Å²) in [7, 11) is 0. The average Bonchev–Trinajstić information content (AvgIpc) is 2.45. The molecule has 20 heavy (non-hydrogen) atoms. The highest BCUT2D eigenvalue weighted by Gasteiger charge is 2.21. The lowest BCUT2D eigenvalue weighted by Gasteiger charge is -2.34. The first kappa shape index (κ1) is 15.3. The number of ether oxygens (including phenoxy) is 1. The van der Waals surface area contributed by atoms with Crippen molar-refractivity contribution in [3.05, 3.63) is 28.2 Å². The zero-order valence-corrected chi connectivity index (χ0v) is 12.9. The van der Waals surface area contributed by atoms with Crippen LogP contribution in [0.5, 0.6) is 0 Å². The van der Waals surface area contributed by atoms with Gasteiger partial charge in [-0.1, -0.05) is 0 Å². The van der Waals surface area contributed by atoms with Gasteiger partial charge in [-0.3, -0.25) is 5.41 Å². The van der Waals surface area contributed by atoms with Crippen molar-refractivity contribution in [3.8, 4) is 0 Å². The van der Waals surface area contributed by atoms with E-state index in [9.17, 15) is 0 Å². The van der Waals surface area contributed by atoms with Crippen molar-refractivity contribution in [3.63, 3.8) is 0 Å². The Labute approximate surface area is 127 Å². The molecule has 1 aliphatic heterocycles. The van der Waals surface area contributed by atoms with Gasteiger partial charge in [0.25, 0.3) is 0 Å². The highest BCUT2D eigenvalue weighted by molar-refractivity contribution is 9.10. The van der Waals surface area contributed by atoms with Crippen LogP contribution in [0.1, 0.15) is 18.4 Å². The Morgan fingerprint density at radius 1 is 1.45 bits per heavy atom. The molecular formula is C14H20BrN3O2. The number of halogens is 1. The van der Waals surface area contributed by atoms with E-state index in [1.165, 1.54) is 0 Å². The van der Waals surface area contributed by atoms with Crippen molar-refractivity contribution >= 4 is 27.5 Å². The third-order valence-corrected chi connectivity index (χ3v) is 4.12.